The maximum atomic E-state index is 6.25. The summed E-state index contributed by atoms with van der Waals surface area (Å²) in [7, 11) is 1.86. The van der Waals surface area contributed by atoms with Gasteiger partial charge in [0.15, 0.2) is 0 Å². The normalized spacial score (nSPS) is 38.0. The predicted molar refractivity (Wildman–Crippen MR) is 84.8 cm³/mol. The molecule has 3 unspecified atom stereocenters. The number of nitrogens with zero attached hydrogens (tertiary/aromatic N) is 1. The van der Waals surface area contributed by atoms with Gasteiger partial charge in [0.2, 0.25) is 0 Å². The third-order valence-corrected chi connectivity index (χ3v) is 6.35. The highest BCUT2D eigenvalue weighted by atomic mass is 35.5. The molecule has 3 rings (SSSR count). The van der Waals surface area contributed by atoms with Gasteiger partial charge in [0, 0.05) is 31.0 Å². The van der Waals surface area contributed by atoms with Crippen molar-refractivity contribution in [2.45, 2.75) is 50.2 Å². The van der Waals surface area contributed by atoms with Gasteiger partial charge in [0.25, 0.3) is 0 Å². The molecule has 0 amide bonds. The van der Waals surface area contributed by atoms with Crippen LogP contribution in [0.2, 0.25) is 0 Å². The summed E-state index contributed by atoms with van der Waals surface area (Å²) in [5.41, 5.74) is 3.25. The van der Waals surface area contributed by atoms with Crippen molar-refractivity contribution in [2.75, 3.05) is 32.0 Å². The molecule has 114 valence electrons. The van der Waals surface area contributed by atoms with E-state index in [9.17, 15) is 0 Å². The lowest BCUT2D eigenvalue weighted by Gasteiger charge is -2.52. The average molecular weight is 318 g/mol. The summed E-state index contributed by atoms with van der Waals surface area (Å²) in [5.74, 6) is 2.16. The number of methoxy groups -OCH3 is 1. The summed E-state index contributed by atoms with van der Waals surface area (Å²) in [5, 5.41) is 0. The van der Waals surface area contributed by atoms with Crippen LogP contribution in [0.5, 0.6) is 0 Å². The zero-order valence-corrected chi connectivity index (χ0v) is 13.8. The molecule has 20 heavy (non-hydrogen) atoms. The van der Waals surface area contributed by atoms with Crippen molar-refractivity contribution in [3.63, 3.8) is 0 Å². The molecule has 0 aromatic heterocycles. The predicted octanol–water partition coefficient (Wildman–Crippen LogP) is 3.81. The number of hydrogen-bond donors (Lipinski definition) is 0. The fourth-order valence-electron chi connectivity index (χ4n) is 4.96. The van der Waals surface area contributed by atoms with Crippen LogP contribution in [0.4, 0.5) is 0 Å². The SMILES string of the molecule is COC1CCC2CCN3CCC(CCl)=C(CCCl)C23C1. The van der Waals surface area contributed by atoms with Gasteiger partial charge in [-0.05, 0) is 56.6 Å². The molecule has 2 fully saturated rings. The molecule has 0 aromatic carbocycles. The van der Waals surface area contributed by atoms with Crippen LogP contribution in [-0.4, -0.2) is 48.5 Å². The molecular formula is C16H25Cl2NO. The van der Waals surface area contributed by atoms with E-state index in [0.29, 0.717) is 17.9 Å². The Hall–Kier alpha value is 0.240. The molecule has 0 radical (unpaired) electrons. The average Bonchev–Trinajstić information content (AvgIpc) is 2.86. The van der Waals surface area contributed by atoms with Crippen LogP contribution in [0.1, 0.15) is 38.5 Å². The van der Waals surface area contributed by atoms with E-state index in [1.54, 1.807) is 5.57 Å². The standard InChI is InChI=1S/C16H25Cl2NO/c1-20-14-3-2-13-6-9-19-8-5-12(11-18)15(4-7-17)16(13,19)10-14/h13-14H,2-11H2,1H3. The van der Waals surface area contributed by atoms with Gasteiger partial charge in [-0.3, -0.25) is 4.90 Å². The van der Waals surface area contributed by atoms with Crippen molar-refractivity contribution in [3.05, 3.63) is 11.1 Å². The lowest BCUT2D eigenvalue weighted by atomic mass is 9.65. The Morgan fingerprint density at radius 1 is 1.25 bits per heavy atom. The minimum atomic E-state index is 0.219. The number of ether oxygens (including phenoxy) is 1. The molecule has 2 nitrogen and oxygen atoms in total. The molecule has 4 heteroatoms. The van der Waals surface area contributed by atoms with Gasteiger partial charge in [-0.25, -0.2) is 0 Å². The van der Waals surface area contributed by atoms with Gasteiger partial charge < -0.3 is 4.74 Å². The van der Waals surface area contributed by atoms with Crippen molar-refractivity contribution < 1.29 is 4.74 Å². The molecule has 0 aromatic rings. The quantitative estimate of drug-likeness (QED) is 0.577. The lowest BCUT2D eigenvalue weighted by molar-refractivity contribution is -0.0135. The molecule has 3 atom stereocenters. The maximum absolute atomic E-state index is 6.25. The Balaban J connectivity index is 2.02. The number of halogens is 2. The fraction of sp³-hybridized carbons (Fsp3) is 0.875. The first-order valence-electron chi connectivity index (χ1n) is 7.87. The second-order valence-electron chi connectivity index (χ2n) is 6.44. The Morgan fingerprint density at radius 3 is 2.80 bits per heavy atom. The van der Waals surface area contributed by atoms with Crippen LogP contribution >= 0.6 is 23.2 Å². The van der Waals surface area contributed by atoms with Crippen LogP contribution in [0, 0.1) is 5.92 Å². The van der Waals surface area contributed by atoms with E-state index in [2.05, 4.69) is 4.90 Å². The molecule has 2 aliphatic heterocycles. The van der Waals surface area contributed by atoms with Crippen molar-refractivity contribution in [2.24, 2.45) is 5.92 Å². The Kier molecular flexibility index (Phi) is 4.66. The van der Waals surface area contributed by atoms with Crippen molar-refractivity contribution in [1.29, 1.82) is 0 Å². The van der Waals surface area contributed by atoms with Crippen LogP contribution in [-0.2, 0) is 4.74 Å². The van der Waals surface area contributed by atoms with Crippen LogP contribution < -0.4 is 0 Å². The first-order chi connectivity index (χ1) is 9.76. The van der Waals surface area contributed by atoms with Gasteiger partial charge >= 0.3 is 0 Å². The molecular weight excluding hydrogens is 293 g/mol. The minimum Gasteiger partial charge on any atom is -0.381 e. The van der Waals surface area contributed by atoms with Crippen LogP contribution in [0.15, 0.2) is 11.1 Å². The second kappa shape index (κ2) is 6.16. The van der Waals surface area contributed by atoms with Crippen molar-refractivity contribution >= 4 is 23.2 Å². The summed E-state index contributed by atoms with van der Waals surface area (Å²) in [6.07, 6.45) is 7.48. The van der Waals surface area contributed by atoms with Gasteiger partial charge in [-0.2, -0.15) is 0 Å². The van der Waals surface area contributed by atoms with Crippen LogP contribution in [0.25, 0.3) is 0 Å². The smallest absolute Gasteiger partial charge is 0.0592 e. The summed E-state index contributed by atoms with van der Waals surface area (Å²) >= 11 is 12.4. The molecule has 0 N–H and O–H groups in total. The van der Waals surface area contributed by atoms with Crippen molar-refractivity contribution in [3.8, 4) is 0 Å². The van der Waals surface area contributed by atoms with E-state index >= 15 is 0 Å². The van der Waals surface area contributed by atoms with Gasteiger partial charge in [0.05, 0.1) is 6.10 Å². The zero-order chi connectivity index (χ0) is 14.2. The van der Waals surface area contributed by atoms with E-state index in [1.807, 2.05) is 7.11 Å². The number of hydrogen-bond acceptors (Lipinski definition) is 2. The Morgan fingerprint density at radius 2 is 2.10 bits per heavy atom. The molecule has 3 aliphatic rings. The maximum Gasteiger partial charge on any atom is 0.0592 e. The van der Waals surface area contributed by atoms with Gasteiger partial charge in [0.1, 0.15) is 0 Å². The number of alkyl halides is 2. The third-order valence-electron chi connectivity index (χ3n) is 5.84. The fourth-order valence-corrected chi connectivity index (χ4v) is 5.44. The lowest BCUT2D eigenvalue weighted by Crippen LogP contribution is -2.57. The monoisotopic (exact) mass is 317 g/mol. The molecule has 0 bridgehead atoms. The third kappa shape index (κ3) is 2.24. The summed E-state index contributed by atoms with van der Waals surface area (Å²) in [6, 6.07) is 0. The highest BCUT2D eigenvalue weighted by molar-refractivity contribution is 6.19. The summed E-state index contributed by atoms with van der Waals surface area (Å²) in [4.78, 5) is 2.72. The van der Waals surface area contributed by atoms with E-state index in [4.69, 9.17) is 27.9 Å². The Labute approximate surface area is 132 Å². The first-order valence-corrected chi connectivity index (χ1v) is 8.94. The second-order valence-corrected chi connectivity index (χ2v) is 7.09. The van der Waals surface area contributed by atoms with Crippen molar-refractivity contribution in [1.82, 2.24) is 4.90 Å². The molecule has 2 heterocycles. The molecule has 1 aliphatic carbocycles. The van der Waals surface area contributed by atoms with E-state index < -0.39 is 0 Å². The molecule has 1 saturated carbocycles. The first kappa shape index (κ1) is 15.1. The van der Waals surface area contributed by atoms with Gasteiger partial charge in [-0.1, -0.05) is 5.57 Å². The number of rotatable bonds is 4. The van der Waals surface area contributed by atoms with Crippen LogP contribution in [0.3, 0.4) is 0 Å². The Bertz CT molecular complexity index is 398. The van der Waals surface area contributed by atoms with E-state index in [1.165, 1.54) is 37.9 Å². The van der Waals surface area contributed by atoms with E-state index in [-0.39, 0.29) is 5.54 Å². The van der Waals surface area contributed by atoms with Gasteiger partial charge in [-0.15, -0.1) is 23.2 Å². The highest BCUT2D eigenvalue weighted by Gasteiger charge is 2.55. The summed E-state index contributed by atoms with van der Waals surface area (Å²) in [6.45, 7) is 2.41. The molecule has 1 spiro atoms. The topological polar surface area (TPSA) is 12.5 Å². The highest BCUT2D eigenvalue weighted by Crippen LogP contribution is 2.53. The largest absolute Gasteiger partial charge is 0.381 e. The molecule has 1 saturated heterocycles. The summed E-state index contributed by atoms with van der Waals surface area (Å²) < 4.78 is 5.72. The van der Waals surface area contributed by atoms with E-state index in [0.717, 1.165) is 25.2 Å². The zero-order valence-electron chi connectivity index (χ0n) is 12.3. The minimum absolute atomic E-state index is 0.219.